The number of nitrogens with zero attached hydrogens (tertiary/aromatic N) is 3. The van der Waals surface area contributed by atoms with E-state index in [1.165, 1.54) is 50.7 Å². The van der Waals surface area contributed by atoms with E-state index in [9.17, 15) is 4.39 Å². The van der Waals surface area contributed by atoms with Gasteiger partial charge in [0.25, 0.3) is 0 Å². The third kappa shape index (κ3) is 3.66. The summed E-state index contributed by atoms with van der Waals surface area (Å²) in [4.78, 5) is 6.90. The highest BCUT2D eigenvalue weighted by Gasteiger charge is 2.51. The zero-order chi connectivity index (χ0) is 18.4. The van der Waals surface area contributed by atoms with E-state index in [2.05, 4.69) is 22.1 Å². The standard InChI is InChI=1S/C22H28FN3O/c1-26(14-22-10-16-5-17(11-22)7-18(6-16)12-22)13-21-24-20(25-27-21)9-15-3-2-4-19(23)8-15/h2-4,8,16-18H,5-7,9-14H2,1H3. The maximum atomic E-state index is 13.3. The molecule has 2 aromatic rings. The van der Waals surface area contributed by atoms with Crippen LogP contribution in [-0.2, 0) is 13.0 Å². The molecule has 4 fully saturated rings. The van der Waals surface area contributed by atoms with Gasteiger partial charge < -0.3 is 4.52 Å². The second kappa shape index (κ2) is 6.69. The summed E-state index contributed by atoms with van der Waals surface area (Å²) in [6, 6.07) is 6.57. The normalized spacial score (nSPS) is 31.7. The highest BCUT2D eigenvalue weighted by Crippen LogP contribution is 2.60. The van der Waals surface area contributed by atoms with Crippen LogP contribution in [-0.4, -0.2) is 28.6 Å². The van der Waals surface area contributed by atoms with E-state index >= 15 is 0 Å². The zero-order valence-corrected chi connectivity index (χ0v) is 16.0. The molecule has 4 nitrogen and oxygen atoms in total. The number of hydrogen-bond acceptors (Lipinski definition) is 4. The van der Waals surface area contributed by atoms with E-state index < -0.39 is 0 Å². The van der Waals surface area contributed by atoms with Gasteiger partial charge in [-0.05, 0) is 86.4 Å². The van der Waals surface area contributed by atoms with Crippen molar-refractivity contribution in [2.24, 2.45) is 23.2 Å². The van der Waals surface area contributed by atoms with E-state index in [0.29, 0.717) is 30.1 Å². The van der Waals surface area contributed by atoms with Gasteiger partial charge in [0.05, 0.1) is 6.54 Å². The fraction of sp³-hybridized carbons (Fsp3) is 0.636. The van der Waals surface area contributed by atoms with E-state index in [-0.39, 0.29) is 5.82 Å². The smallest absolute Gasteiger partial charge is 0.240 e. The number of aromatic nitrogens is 2. The Morgan fingerprint density at radius 3 is 2.52 bits per heavy atom. The molecule has 4 aliphatic rings. The van der Waals surface area contributed by atoms with Gasteiger partial charge >= 0.3 is 0 Å². The van der Waals surface area contributed by atoms with Gasteiger partial charge in [-0.25, -0.2) is 4.39 Å². The average Bonchev–Trinajstić information content (AvgIpc) is 2.99. The molecule has 4 aliphatic carbocycles. The second-order valence-corrected chi connectivity index (χ2v) is 9.50. The van der Waals surface area contributed by atoms with Crippen molar-refractivity contribution in [1.29, 1.82) is 0 Å². The van der Waals surface area contributed by atoms with Crippen LogP contribution in [0.4, 0.5) is 4.39 Å². The van der Waals surface area contributed by atoms with E-state index in [4.69, 9.17) is 4.52 Å². The van der Waals surface area contributed by atoms with Crippen molar-refractivity contribution < 1.29 is 8.91 Å². The summed E-state index contributed by atoms with van der Waals surface area (Å²) in [5, 5.41) is 4.09. The maximum Gasteiger partial charge on any atom is 0.240 e. The van der Waals surface area contributed by atoms with Gasteiger partial charge in [0.1, 0.15) is 5.82 Å². The van der Waals surface area contributed by atoms with Gasteiger partial charge in [-0.2, -0.15) is 4.98 Å². The maximum absolute atomic E-state index is 13.3. The molecule has 5 heteroatoms. The number of halogens is 1. The third-order valence-electron chi connectivity index (χ3n) is 6.94. The lowest BCUT2D eigenvalue weighted by molar-refractivity contribution is -0.0677. The van der Waals surface area contributed by atoms with Crippen LogP contribution in [0.25, 0.3) is 0 Å². The lowest BCUT2D eigenvalue weighted by Crippen LogP contribution is -2.50. The van der Waals surface area contributed by atoms with Crippen molar-refractivity contribution in [3.8, 4) is 0 Å². The molecule has 0 spiro atoms. The molecule has 1 heterocycles. The Morgan fingerprint density at radius 1 is 1.15 bits per heavy atom. The Kier molecular flexibility index (Phi) is 4.30. The molecular weight excluding hydrogens is 341 g/mol. The monoisotopic (exact) mass is 369 g/mol. The third-order valence-corrected chi connectivity index (χ3v) is 6.94. The van der Waals surface area contributed by atoms with Gasteiger partial charge in [-0.15, -0.1) is 0 Å². The van der Waals surface area contributed by atoms with Crippen molar-refractivity contribution in [3.05, 3.63) is 47.4 Å². The van der Waals surface area contributed by atoms with Crippen LogP contribution in [0.3, 0.4) is 0 Å². The van der Waals surface area contributed by atoms with Gasteiger partial charge in [-0.3, -0.25) is 4.90 Å². The predicted octanol–water partition coefficient (Wildman–Crippen LogP) is 4.45. The van der Waals surface area contributed by atoms with Gasteiger partial charge in [0.2, 0.25) is 5.89 Å². The van der Waals surface area contributed by atoms with Crippen LogP contribution in [0.2, 0.25) is 0 Å². The minimum Gasteiger partial charge on any atom is -0.338 e. The summed E-state index contributed by atoms with van der Waals surface area (Å²) in [5.41, 5.74) is 1.39. The fourth-order valence-electron chi connectivity index (χ4n) is 6.60. The Labute approximate surface area is 160 Å². The summed E-state index contributed by atoms with van der Waals surface area (Å²) >= 11 is 0. The van der Waals surface area contributed by atoms with Crippen molar-refractivity contribution in [3.63, 3.8) is 0 Å². The Hall–Kier alpha value is -1.75. The van der Waals surface area contributed by atoms with Crippen molar-refractivity contribution >= 4 is 0 Å². The average molecular weight is 369 g/mol. The molecule has 0 saturated heterocycles. The molecule has 4 bridgehead atoms. The summed E-state index contributed by atoms with van der Waals surface area (Å²) in [6.45, 7) is 1.83. The molecule has 27 heavy (non-hydrogen) atoms. The summed E-state index contributed by atoms with van der Waals surface area (Å²) in [6.07, 6.45) is 9.19. The number of benzene rings is 1. The zero-order valence-electron chi connectivity index (χ0n) is 16.0. The molecular formula is C22H28FN3O. The highest BCUT2D eigenvalue weighted by atomic mass is 19.1. The number of rotatable bonds is 6. The topological polar surface area (TPSA) is 42.2 Å². The Morgan fingerprint density at radius 2 is 1.85 bits per heavy atom. The molecule has 6 rings (SSSR count). The molecule has 144 valence electrons. The molecule has 0 radical (unpaired) electrons. The molecule has 0 atom stereocenters. The largest absolute Gasteiger partial charge is 0.338 e. The van der Waals surface area contributed by atoms with E-state index in [1.807, 2.05) is 6.07 Å². The molecule has 1 aromatic carbocycles. The second-order valence-electron chi connectivity index (χ2n) is 9.50. The first-order chi connectivity index (χ1) is 13.1. The number of hydrogen-bond donors (Lipinski definition) is 0. The molecule has 0 amide bonds. The first-order valence-electron chi connectivity index (χ1n) is 10.3. The Balaban J connectivity index is 1.20. The SMILES string of the molecule is CN(Cc1nc(Cc2cccc(F)c2)no1)CC12CC3CC(CC(C3)C1)C2. The van der Waals surface area contributed by atoms with E-state index in [0.717, 1.165) is 29.9 Å². The van der Waals surface area contributed by atoms with Crippen LogP contribution < -0.4 is 0 Å². The summed E-state index contributed by atoms with van der Waals surface area (Å²) in [7, 11) is 2.18. The minimum atomic E-state index is -0.230. The summed E-state index contributed by atoms with van der Waals surface area (Å²) < 4.78 is 18.8. The minimum absolute atomic E-state index is 0.230. The van der Waals surface area contributed by atoms with Crippen molar-refractivity contribution in [2.45, 2.75) is 51.5 Å². The van der Waals surface area contributed by atoms with Crippen LogP contribution in [0.1, 0.15) is 55.8 Å². The highest BCUT2D eigenvalue weighted by molar-refractivity contribution is 5.19. The fourth-order valence-corrected chi connectivity index (χ4v) is 6.60. The summed E-state index contributed by atoms with van der Waals surface area (Å²) in [5.74, 6) is 3.99. The van der Waals surface area contributed by atoms with E-state index in [1.54, 1.807) is 6.07 Å². The van der Waals surface area contributed by atoms with Gasteiger partial charge in [-0.1, -0.05) is 17.3 Å². The van der Waals surface area contributed by atoms with Crippen LogP contribution in [0, 0.1) is 29.0 Å². The molecule has 1 aromatic heterocycles. The molecule has 0 unspecified atom stereocenters. The Bertz CT molecular complexity index is 782. The van der Waals surface area contributed by atoms with Crippen molar-refractivity contribution in [1.82, 2.24) is 15.0 Å². The molecule has 0 N–H and O–H groups in total. The first kappa shape index (κ1) is 17.4. The first-order valence-corrected chi connectivity index (χ1v) is 10.3. The lowest BCUT2D eigenvalue weighted by Gasteiger charge is -2.57. The van der Waals surface area contributed by atoms with Crippen LogP contribution in [0.15, 0.2) is 28.8 Å². The van der Waals surface area contributed by atoms with Gasteiger partial charge in [0, 0.05) is 13.0 Å². The molecule has 4 saturated carbocycles. The van der Waals surface area contributed by atoms with Crippen LogP contribution in [0.5, 0.6) is 0 Å². The van der Waals surface area contributed by atoms with Gasteiger partial charge in [0.15, 0.2) is 5.82 Å². The van der Waals surface area contributed by atoms with Crippen LogP contribution >= 0.6 is 0 Å². The quantitative estimate of drug-likeness (QED) is 0.754. The van der Waals surface area contributed by atoms with Crippen molar-refractivity contribution in [2.75, 3.05) is 13.6 Å². The predicted molar refractivity (Wildman–Crippen MR) is 100 cm³/mol. The lowest BCUT2D eigenvalue weighted by atomic mass is 9.49. The molecule has 0 aliphatic heterocycles.